The number of benzene rings is 2. The summed E-state index contributed by atoms with van der Waals surface area (Å²) in [6, 6.07) is 12.8. The third-order valence-electron chi connectivity index (χ3n) is 4.39. The van der Waals surface area contributed by atoms with Gasteiger partial charge in [-0.25, -0.2) is 10.9 Å². The highest BCUT2D eigenvalue weighted by molar-refractivity contribution is 5.83. The lowest BCUT2D eigenvalue weighted by Crippen LogP contribution is -2.68. The summed E-state index contributed by atoms with van der Waals surface area (Å²) in [4.78, 5) is 12.5. The number of nitrogens with one attached hydrogen (secondary N) is 4. The standard InChI is InChI=1S/C20H26N4O4/c1-4-28-14-7-5-13(6-8-14)11-17-19(25)22-20(24-23-17)21-16-10-9-15(26-2)12-18(16)27-3/h5-10,12,17,20-21,23-24H,4,11H2,1-3H3,(H,22,25). The Morgan fingerprint density at radius 3 is 2.39 bits per heavy atom. The van der Waals surface area contributed by atoms with Crippen LogP contribution in [0.15, 0.2) is 42.5 Å². The van der Waals surface area contributed by atoms with Crippen LogP contribution in [-0.2, 0) is 11.2 Å². The van der Waals surface area contributed by atoms with Crippen molar-refractivity contribution in [1.82, 2.24) is 16.2 Å². The van der Waals surface area contributed by atoms with Gasteiger partial charge in [0.25, 0.3) is 0 Å². The Balaban J connectivity index is 1.57. The second kappa shape index (κ2) is 9.29. The summed E-state index contributed by atoms with van der Waals surface area (Å²) in [6.45, 7) is 2.57. The Bertz CT molecular complexity index is 797. The van der Waals surface area contributed by atoms with Crippen LogP contribution in [0.3, 0.4) is 0 Å². The fraction of sp³-hybridized carbons (Fsp3) is 0.350. The first-order valence-corrected chi connectivity index (χ1v) is 9.14. The van der Waals surface area contributed by atoms with Crippen molar-refractivity contribution in [3.05, 3.63) is 48.0 Å². The Morgan fingerprint density at radius 1 is 1.00 bits per heavy atom. The van der Waals surface area contributed by atoms with Gasteiger partial charge in [0.05, 0.1) is 26.5 Å². The average Bonchev–Trinajstić information content (AvgIpc) is 2.72. The van der Waals surface area contributed by atoms with Crippen molar-refractivity contribution in [2.24, 2.45) is 0 Å². The Morgan fingerprint density at radius 2 is 1.75 bits per heavy atom. The van der Waals surface area contributed by atoms with Gasteiger partial charge in [-0.05, 0) is 43.2 Å². The van der Waals surface area contributed by atoms with Crippen molar-refractivity contribution in [1.29, 1.82) is 0 Å². The van der Waals surface area contributed by atoms with Crippen LogP contribution in [-0.4, -0.2) is 39.1 Å². The van der Waals surface area contributed by atoms with Gasteiger partial charge in [-0.3, -0.25) is 4.79 Å². The summed E-state index contributed by atoms with van der Waals surface area (Å²) in [6.07, 6.45) is 0.0791. The molecule has 1 saturated heterocycles. The monoisotopic (exact) mass is 386 g/mol. The van der Waals surface area contributed by atoms with E-state index in [1.807, 2.05) is 43.3 Å². The van der Waals surface area contributed by atoms with Crippen molar-refractivity contribution >= 4 is 11.6 Å². The Labute approximate surface area is 164 Å². The summed E-state index contributed by atoms with van der Waals surface area (Å²) >= 11 is 0. The van der Waals surface area contributed by atoms with Gasteiger partial charge in [-0.1, -0.05) is 12.1 Å². The Hall–Kier alpha value is -2.97. The molecule has 0 radical (unpaired) electrons. The first-order chi connectivity index (χ1) is 13.6. The lowest BCUT2D eigenvalue weighted by atomic mass is 10.1. The number of carbonyl (C=O) groups excluding carboxylic acids is 1. The molecular weight excluding hydrogens is 360 g/mol. The third-order valence-corrected chi connectivity index (χ3v) is 4.39. The predicted octanol–water partition coefficient (Wildman–Crippen LogP) is 1.63. The molecule has 28 heavy (non-hydrogen) atoms. The van der Waals surface area contributed by atoms with E-state index in [1.165, 1.54) is 0 Å². The van der Waals surface area contributed by atoms with E-state index in [0.29, 0.717) is 24.5 Å². The van der Waals surface area contributed by atoms with Crippen molar-refractivity contribution in [2.75, 3.05) is 26.1 Å². The van der Waals surface area contributed by atoms with Gasteiger partial charge in [0, 0.05) is 6.07 Å². The van der Waals surface area contributed by atoms with Crippen LogP contribution in [0.2, 0.25) is 0 Å². The first kappa shape index (κ1) is 19.8. The fourth-order valence-electron chi connectivity index (χ4n) is 2.94. The molecule has 3 rings (SSSR count). The number of methoxy groups -OCH3 is 2. The van der Waals surface area contributed by atoms with E-state index in [0.717, 1.165) is 17.0 Å². The first-order valence-electron chi connectivity index (χ1n) is 9.14. The molecule has 1 aliphatic heterocycles. The van der Waals surface area contributed by atoms with Gasteiger partial charge in [0.15, 0.2) is 6.29 Å². The van der Waals surface area contributed by atoms with Crippen molar-refractivity contribution in [3.8, 4) is 17.2 Å². The van der Waals surface area contributed by atoms with Crippen molar-refractivity contribution in [2.45, 2.75) is 25.7 Å². The number of ether oxygens (including phenoxy) is 3. The number of hydrogen-bond donors (Lipinski definition) is 4. The third kappa shape index (κ3) is 4.85. The van der Waals surface area contributed by atoms with Gasteiger partial charge in [0.1, 0.15) is 23.3 Å². The van der Waals surface area contributed by atoms with Crippen LogP contribution in [0, 0.1) is 0 Å². The maximum absolute atomic E-state index is 12.5. The van der Waals surface area contributed by atoms with Gasteiger partial charge in [0.2, 0.25) is 5.91 Å². The van der Waals surface area contributed by atoms with Gasteiger partial charge < -0.3 is 24.8 Å². The molecule has 1 fully saturated rings. The summed E-state index contributed by atoms with van der Waals surface area (Å²) in [5, 5.41) is 6.10. The molecule has 2 unspecified atom stereocenters. The lowest BCUT2D eigenvalue weighted by molar-refractivity contribution is -0.126. The van der Waals surface area contributed by atoms with E-state index in [1.54, 1.807) is 20.3 Å². The molecule has 4 N–H and O–H groups in total. The summed E-state index contributed by atoms with van der Waals surface area (Å²) in [5.74, 6) is 2.03. The van der Waals surface area contributed by atoms with E-state index in [2.05, 4.69) is 21.5 Å². The zero-order valence-corrected chi connectivity index (χ0v) is 16.2. The topological polar surface area (TPSA) is 92.9 Å². The molecule has 0 bridgehead atoms. The van der Waals surface area contributed by atoms with Crippen LogP contribution < -0.4 is 35.7 Å². The number of carbonyl (C=O) groups is 1. The number of rotatable bonds is 8. The van der Waals surface area contributed by atoms with Gasteiger partial charge in [-0.15, -0.1) is 0 Å². The second-order valence-corrected chi connectivity index (χ2v) is 6.27. The van der Waals surface area contributed by atoms with Crippen LogP contribution in [0.5, 0.6) is 17.2 Å². The lowest BCUT2D eigenvalue weighted by Gasteiger charge is -2.32. The molecule has 0 aliphatic carbocycles. The van der Waals surface area contributed by atoms with Crippen LogP contribution in [0.4, 0.5) is 5.69 Å². The fourth-order valence-corrected chi connectivity index (χ4v) is 2.94. The molecule has 1 heterocycles. The highest BCUT2D eigenvalue weighted by Crippen LogP contribution is 2.29. The minimum Gasteiger partial charge on any atom is -0.497 e. The van der Waals surface area contributed by atoms with Crippen molar-refractivity contribution in [3.63, 3.8) is 0 Å². The number of anilines is 1. The average molecular weight is 386 g/mol. The van der Waals surface area contributed by atoms with Gasteiger partial charge >= 0.3 is 0 Å². The van der Waals surface area contributed by atoms with Crippen LogP contribution >= 0.6 is 0 Å². The molecule has 150 valence electrons. The van der Waals surface area contributed by atoms with E-state index >= 15 is 0 Å². The summed E-state index contributed by atoms with van der Waals surface area (Å²) in [7, 11) is 3.18. The van der Waals surface area contributed by atoms with E-state index in [-0.39, 0.29) is 11.9 Å². The highest BCUT2D eigenvalue weighted by atomic mass is 16.5. The minimum atomic E-state index is -0.480. The summed E-state index contributed by atoms with van der Waals surface area (Å²) < 4.78 is 16.0. The van der Waals surface area contributed by atoms with E-state index in [4.69, 9.17) is 14.2 Å². The molecule has 2 atom stereocenters. The molecular formula is C20H26N4O4. The number of hydrogen-bond acceptors (Lipinski definition) is 7. The second-order valence-electron chi connectivity index (χ2n) is 6.27. The number of hydrazine groups is 1. The molecule has 1 amide bonds. The maximum Gasteiger partial charge on any atom is 0.241 e. The van der Waals surface area contributed by atoms with Crippen molar-refractivity contribution < 1.29 is 19.0 Å². The number of amides is 1. The molecule has 1 aliphatic rings. The molecule has 0 saturated carbocycles. The smallest absolute Gasteiger partial charge is 0.241 e. The quantitative estimate of drug-likeness (QED) is 0.548. The molecule has 2 aromatic carbocycles. The normalized spacial score (nSPS) is 18.9. The molecule has 8 nitrogen and oxygen atoms in total. The predicted molar refractivity (Wildman–Crippen MR) is 106 cm³/mol. The SMILES string of the molecule is CCOc1ccc(CC2NNC(Nc3ccc(OC)cc3OC)NC2=O)cc1. The Kier molecular flexibility index (Phi) is 6.57. The maximum atomic E-state index is 12.5. The molecule has 0 spiro atoms. The van der Waals surface area contributed by atoms with Gasteiger partial charge in [-0.2, -0.15) is 0 Å². The highest BCUT2D eigenvalue weighted by Gasteiger charge is 2.27. The minimum absolute atomic E-state index is 0.0994. The largest absolute Gasteiger partial charge is 0.497 e. The van der Waals surface area contributed by atoms with E-state index < -0.39 is 6.29 Å². The van der Waals surface area contributed by atoms with Crippen LogP contribution in [0.25, 0.3) is 0 Å². The zero-order valence-electron chi connectivity index (χ0n) is 16.2. The van der Waals surface area contributed by atoms with E-state index in [9.17, 15) is 4.79 Å². The molecule has 8 heteroatoms. The zero-order chi connectivity index (χ0) is 19.9. The molecule has 2 aromatic rings. The summed E-state index contributed by atoms with van der Waals surface area (Å²) in [5.41, 5.74) is 7.91. The molecule has 0 aromatic heterocycles. The van der Waals surface area contributed by atoms with Crippen LogP contribution in [0.1, 0.15) is 12.5 Å².